The van der Waals surface area contributed by atoms with Gasteiger partial charge < -0.3 is 4.90 Å². The van der Waals surface area contributed by atoms with Crippen molar-refractivity contribution in [1.29, 1.82) is 0 Å². The third-order valence-corrected chi connectivity index (χ3v) is 6.26. The van der Waals surface area contributed by atoms with Crippen LogP contribution in [0.5, 0.6) is 0 Å². The Morgan fingerprint density at radius 1 is 1.00 bits per heavy atom. The van der Waals surface area contributed by atoms with Gasteiger partial charge in [0.1, 0.15) is 0 Å². The Balaban J connectivity index is 3.46. The van der Waals surface area contributed by atoms with E-state index in [1.54, 1.807) is 23.9 Å². The van der Waals surface area contributed by atoms with E-state index in [0.717, 1.165) is 27.6 Å². The lowest BCUT2D eigenvalue weighted by Crippen LogP contribution is -2.13. The van der Waals surface area contributed by atoms with Crippen LogP contribution in [0.25, 0.3) is 0 Å². The maximum Gasteiger partial charge on any atom is 0.0451 e. The van der Waals surface area contributed by atoms with E-state index in [0.29, 0.717) is 0 Å². The molecule has 1 rings (SSSR count). The SMILES string of the molecule is C=C/C=C(SC)/C(C=C)=C/C=C/N(/C(C=C)=C/C=C(\C)C1=CC=CSC1)C(/C=C\C)=C/C=C. The largest absolute Gasteiger partial charge is 0.317 e. The van der Waals surface area contributed by atoms with Crippen LogP contribution in [0.1, 0.15) is 13.8 Å². The highest BCUT2D eigenvalue weighted by Crippen LogP contribution is 2.24. The molecule has 0 amide bonds. The lowest BCUT2D eigenvalue weighted by molar-refractivity contribution is 0.613. The summed E-state index contributed by atoms with van der Waals surface area (Å²) in [6, 6.07) is 0. The van der Waals surface area contributed by atoms with Crippen molar-refractivity contribution in [2.75, 3.05) is 12.0 Å². The molecule has 0 bridgehead atoms. The zero-order valence-corrected chi connectivity index (χ0v) is 21.7. The van der Waals surface area contributed by atoms with Gasteiger partial charge in [0, 0.05) is 28.3 Å². The van der Waals surface area contributed by atoms with Crippen LogP contribution in [-0.2, 0) is 0 Å². The Morgan fingerprint density at radius 2 is 1.76 bits per heavy atom. The van der Waals surface area contributed by atoms with Crippen molar-refractivity contribution in [2.24, 2.45) is 0 Å². The molecule has 1 aliphatic rings. The van der Waals surface area contributed by atoms with Crippen molar-refractivity contribution < 1.29 is 0 Å². The molecule has 172 valence electrons. The molecule has 0 aromatic rings. The summed E-state index contributed by atoms with van der Waals surface area (Å²) in [6.07, 6.45) is 32.0. The maximum atomic E-state index is 4.06. The van der Waals surface area contributed by atoms with Gasteiger partial charge in [-0.15, -0.1) is 23.5 Å². The van der Waals surface area contributed by atoms with E-state index in [1.807, 2.05) is 79.7 Å². The molecule has 33 heavy (non-hydrogen) atoms. The van der Waals surface area contributed by atoms with Gasteiger partial charge in [-0.25, -0.2) is 0 Å². The maximum absolute atomic E-state index is 4.06. The minimum atomic E-state index is 0.955. The molecule has 0 fully saturated rings. The van der Waals surface area contributed by atoms with Gasteiger partial charge in [-0.2, -0.15) is 0 Å². The summed E-state index contributed by atoms with van der Waals surface area (Å²) in [6.45, 7) is 19.9. The van der Waals surface area contributed by atoms with Crippen LogP contribution in [0.15, 0.2) is 156 Å². The molecule has 0 N–H and O–H groups in total. The smallest absolute Gasteiger partial charge is 0.0451 e. The van der Waals surface area contributed by atoms with Crippen molar-refractivity contribution in [3.63, 3.8) is 0 Å². The standard InChI is InChI=1S/C30H35NS2/c1-8-15-29(16-9-2)31(22-13-18-26(11-4)30(32-7)17-10-3)28(12-5)21-20-25(6)27-19-14-23-33-24-27/h8-23H,1,3-5,24H2,2,6-7H3/b16-9-,22-13+,25-20+,26-18+,28-21+,29-15+,30-17-. The molecular formula is C30H35NS2. The van der Waals surface area contributed by atoms with Crippen molar-refractivity contribution in [1.82, 2.24) is 4.90 Å². The van der Waals surface area contributed by atoms with Crippen LogP contribution < -0.4 is 0 Å². The summed E-state index contributed by atoms with van der Waals surface area (Å²) >= 11 is 3.47. The van der Waals surface area contributed by atoms with E-state index in [2.05, 4.69) is 67.9 Å². The summed E-state index contributed by atoms with van der Waals surface area (Å²) < 4.78 is 0. The van der Waals surface area contributed by atoms with Gasteiger partial charge in [0.25, 0.3) is 0 Å². The number of hydrogen-bond donors (Lipinski definition) is 0. The number of nitrogens with zero attached hydrogens (tertiary/aromatic N) is 1. The summed E-state index contributed by atoms with van der Waals surface area (Å²) in [5.74, 6) is 0.991. The average molecular weight is 474 g/mol. The minimum Gasteiger partial charge on any atom is -0.317 e. The van der Waals surface area contributed by atoms with Gasteiger partial charge in [0.2, 0.25) is 0 Å². The molecule has 0 aromatic heterocycles. The first-order valence-corrected chi connectivity index (χ1v) is 12.9. The number of thioether (sulfide) groups is 2. The zero-order chi connectivity index (χ0) is 24.5. The molecule has 0 saturated heterocycles. The fraction of sp³-hybridized carbons (Fsp3) is 0.133. The Hall–Kier alpha value is -2.88. The predicted octanol–water partition coefficient (Wildman–Crippen LogP) is 9.20. The minimum absolute atomic E-state index is 0.955. The molecule has 0 unspecified atom stereocenters. The molecule has 0 saturated carbocycles. The third kappa shape index (κ3) is 9.65. The first-order chi connectivity index (χ1) is 16.1. The number of rotatable bonds is 13. The highest BCUT2D eigenvalue weighted by Gasteiger charge is 2.08. The average Bonchev–Trinajstić information content (AvgIpc) is 2.84. The van der Waals surface area contributed by atoms with Crippen LogP contribution in [0, 0.1) is 0 Å². The highest BCUT2D eigenvalue weighted by atomic mass is 32.2. The van der Waals surface area contributed by atoms with E-state index >= 15 is 0 Å². The molecule has 0 aromatic carbocycles. The number of allylic oxidation sites excluding steroid dienone is 16. The quantitative estimate of drug-likeness (QED) is 0.245. The van der Waals surface area contributed by atoms with E-state index in [9.17, 15) is 0 Å². The van der Waals surface area contributed by atoms with Crippen LogP contribution in [0.2, 0.25) is 0 Å². The summed E-state index contributed by atoms with van der Waals surface area (Å²) in [5.41, 5.74) is 5.54. The second kappa shape index (κ2) is 16.7. The topological polar surface area (TPSA) is 3.24 Å². The normalized spacial score (nSPS) is 16.2. The van der Waals surface area contributed by atoms with Gasteiger partial charge in [-0.3, -0.25) is 0 Å². The Labute approximate surface area is 209 Å². The Morgan fingerprint density at radius 3 is 2.30 bits per heavy atom. The van der Waals surface area contributed by atoms with Crippen LogP contribution >= 0.6 is 23.5 Å². The summed E-state index contributed by atoms with van der Waals surface area (Å²) in [4.78, 5) is 3.20. The van der Waals surface area contributed by atoms with E-state index in [-0.39, 0.29) is 0 Å². The third-order valence-electron chi connectivity index (χ3n) is 4.62. The second-order valence-corrected chi connectivity index (χ2v) is 8.55. The van der Waals surface area contributed by atoms with E-state index in [1.165, 1.54) is 11.1 Å². The van der Waals surface area contributed by atoms with Gasteiger partial charge in [0.15, 0.2) is 0 Å². The molecule has 3 heteroatoms. The molecule has 0 atom stereocenters. The second-order valence-electron chi connectivity index (χ2n) is 6.81. The number of hydrogen-bond acceptors (Lipinski definition) is 3. The monoisotopic (exact) mass is 473 g/mol. The molecule has 1 nitrogen and oxygen atoms in total. The lowest BCUT2D eigenvalue weighted by Gasteiger charge is -2.23. The zero-order valence-electron chi connectivity index (χ0n) is 20.0. The van der Waals surface area contributed by atoms with Crippen molar-refractivity contribution in [2.45, 2.75) is 13.8 Å². The lowest BCUT2D eigenvalue weighted by atomic mass is 10.1. The van der Waals surface area contributed by atoms with Gasteiger partial charge in [0.05, 0.1) is 0 Å². The fourth-order valence-corrected chi connectivity index (χ4v) is 4.32. The first kappa shape index (κ1) is 28.2. The molecule has 1 aliphatic heterocycles. The van der Waals surface area contributed by atoms with Crippen molar-refractivity contribution >= 4 is 23.5 Å². The van der Waals surface area contributed by atoms with Gasteiger partial charge >= 0.3 is 0 Å². The molecule has 1 heterocycles. The Bertz CT molecular complexity index is 988. The van der Waals surface area contributed by atoms with Crippen molar-refractivity contribution in [3.8, 4) is 0 Å². The summed E-state index contributed by atoms with van der Waals surface area (Å²) in [7, 11) is 0. The van der Waals surface area contributed by atoms with Crippen molar-refractivity contribution in [3.05, 3.63) is 156 Å². The Kier molecular flexibility index (Phi) is 14.3. The van der Waals surface area contributed by atoms with Gasteiger partial charge in [-0.05, 0) is 78.7 Å². The highest BCUT2D eigenvalue weighted by molar-refractivity contribution is 8.02. The molecule has 0 radical (unpaired) electrons. The summed E-state index contributed by atoms with van der Waals surface area (Å²) in [5, 5.41) is 2.12. The first-order valence-electron chi connectivity index (χ1n) is 10.7. The molecule has 0 aliphatic carbocycles. The fourth-order valence-electron chi connectivity index (χ4n) is 2.91. The predicted molar refractivity (Wildman–Crippen MR) is 156 cm³/mol. The molecular weight excluding hydrogens is 438 g/mol. The van der Waals surface area contributed by atoms with Crippen LogP contribution in [0.4, 0.5) is 0 Å². The van der Waals surface area contributed by atoms with E-state index < -0.39 is 0 Å². The van der Waals surface area contributed by atoms with Crippen LogP contribution in [0.3, 0.4) is 0 Å². The molecule has 0 spiro atoms. The van der Waals surface area contributed by atoms with Crippen LogP contribution in [-0.4, -0.2) is 16.9 Å². The van der Waals surface area contributed by atoms with E-state index in [4.69, 9.17) is 0 Å². The van der Waals surface area contributed by atoms with Gasteiger partial charge in [-0.1, -0.05) is 74.9 Å².